The molecule has 8 nitrogen and oxygen atoms in total. The maximum Gasteiger partial charge on any atom is 0.306 e. The molecule has 142 valence electrons. The van der Waals surface area contributed by atoms with Crippen LogP contribution in [0, 0.1) is 0 Å². The van der Waals surface area contributed by atoms with Gasteiger partial charge in [0.15, 0.2) is 0 Å². The van der Waals surface area contributed by atoms with Crippen molar-refractivity contribution in [1.29, 1.82) is 0 Å². The maximum atomic E-state index is 11.4. The van der Waals surface area contributed by atoms with Gasteiger partial charge in [0, 0.05) is 12.8 Å². The number of carbonyl (C=O) groups is 2. The van der Waals surface area contributed by atoms with Crippen LogP contribution in [-0.2, 0) is 19.1 Å². The molecule has 24 heavy (non-hydrogen) atoms. The Hall–Kier alpha value is -1.22. The molecule has 0 fully saturated rings. The number of aliphatic hydroxyl groups excluding tert-OH is 4. The predicted octanol–water partition coefficient (Wildman–Crippen LogP) is -0.1000. The van der Waals surface area contributed by atoms with Crippen molar-refractivity contribution >= 4 is 11.9 Å². The highest BCUT2D eigenvalue weighted by Gasteiger charge is 2.12. The molecule has 0 aliphatic carbocycles. The Kier molecular flexibility index (Phi) is 14.5. The Bertz CT molecular complexity index is 294. The van der Waals surface area contributed by atoms with Crippen molar-refractivity contribution in [2.24, 2.45) is 0 Å². The van der Waals surface area contributed by atoms with Gasteiger partial charge in [-0.1, -0.05) is 25.7 Å². The number of rotatable bonds is 15. The van der Waals surface area contributed by atoms with Crippen molar-refractivity contribution in [2.75, 3.05) is 26.4 Å². The van der Waals surface area contributed by atoms with Crippen molar-refractivity contribution in [3.05, 3.63) is 0 Å². The zero-order valence-corrected chi connectivity index (χ0v) is 14.1. The highest BCUT2D eigenvalue weighted by molar-refractivity contribution is 5.69. The van der Waals surface area contributed by atoms with Gasteiger partial charge in [-0.3, -0.25) is 9.59 Å². The molecule has 0 heterocycles. The Morgan fingerprint density at radius 1 is 0.583 bits per heavy atom. The third kappa shape index (κ3) is 12.2. The zero-order chi connectivity index (χ0) is 18.2. The van der Waals surface area contributed by atoms with Crippen LogP contribution in [-0.4, -0.2) is 71.0 Å². The molecule has 0 aliphatic rings. The molecule has 0 rings (SSSR count). The van der Waals surface area contributed by atoms with E-state index < -0.39 is 24.1 Å². The fourth-order valence-electron chi connectivity index (χ4n) is 2.00. The molecule has 0 radical (unpaired) electrons. The lowest BCUT2D eigenvalue weighted by Crippen LogP contribution is -2.25. The van der Waals surface area contributed by atoms with E-state index in [0.717, 1.165) is 25.7 Å². The predicted molar refractivity (Wildman–Crippen MR) is 85.0 cm³/mol. The van der Waals surface area contributed by atoms with Crippen molar-refractivity contribution in [2.45, 2.75) is 63.6 Å². The van der Waals surface area contributed by atoms with Crippen LogP contribution in [0.1, 0.15) is 51.4 Å². The summed E-state index contributed by atoms with van der Waals surface area (Å²) >= 11 is 0. The molecular weight excluding hydrogens is 320 g/mol. The molecule has 4 N–H and O–H groups in total. The highest BCUT2D eigenvalue weighted by Crippen LogP contribution is 2.10. The zero-order valence-electron chi connectivity index (χ0n) is 14.1. The summed E-state index contributed by atoms with van der Waals surface area (Å²) in [4.78, 5) is 22.8. The van der Waals surface area contributed by atoms with Gasteiger partial charge in [-0.15, -0.1) is 0 Å². The number of ether oxygens (including phenoxy) is 2. The Labute approximate surface area is 142 Å². The van der Waals surface area contributed by atoms with Crippen molar-refractivity contribution in [3.63, 3.8) is 0 Å². The van der Waals surface area contributed by atoms with Crippen molar-refractivity contribution < 1.29 is 39.5 Å². The number of aliphatic hydroxyl groups is 4. The molecule has 0 aliphatic heterocycles. The normalized spacial score (nSPS) is 11.1. The molecule has 0 aromatic carbocycles. The smallest absolute Gasteiger partial charge is 0.306 e. The molecule has 0 bridgehead atoms. The Balaban J connectivity index is 3.48. The summed E-state index contributed by atoms with van der Waals surface area (Å²) in [6.07, 6.45) is 3.78. The molecule has 0 aromatic heterocycles. The molecule has 0 atom stereocenters. The molecule has 0 saturated heterocycles. The topological polar surface area (TPSA) is 134 Å². The fraction of sp³-hybridized carbons (Fsp3) is 0.875. The standard InChI is InChI=1S/C16H30O8/c17-9-13(10-18)23-15(21)7-5-3-1-2-4-6-8-16(22)24-14(11-19)12-20/h13-14,17-20H,1-12H2. The lowest BCUT2D eigenvalue weighted by Gasteiger charge is -2.12. The van der Waals surface area contributed by atoms with Gasteiger partial charge in [0.1, 0.15) is 12.2 Å². The molecular formula is C16H30O8. The summed E-state index contributed by atoms with van der Waals surface area (Å²) in [5, 5.41) is 35.1. The van der Waals surface area contributed by atoms with Gasteiger partial charge in [0.2, 0.25) is 0 Å². The minimum atomic E-state index is -0.839. The summed E-state index contributed by atoms with van der Waals surface area (Å²) in [6, 6.07) is 0. The summed E-state index contributed by atoms with van der Waals surface area (Å²) in [5.41, 5.74) is 0. The number of unbranched alkanes of at least 4 members (excludes halogenated alkanes) is 5. The Morgan fingerprint density at radius 2 is 0.875 bits per heavy atom. The highest BCUT2D eigenvalue weighted by atomic mass is 16.6. The van der Waals surface area contributed by atoms with Gasteiger partial charge >= 0.3 is 11.9 Å². The van der Waals surface area contributed by atoms with E-state index in [-0.39, 0.29) is 39.3 Å². The molecule has 0 unspecified atom stereocenters. The van der Waals surface area contributed by atoms with E-state index >= 15 is 0 Å². The largest absolute Gasteiger partial charge is 0.457 e. The first-order valence-electron chi connectivity index (χ1n) is 8.39. The summed E-state index contributed by atoms with van der Waals surface area (Å²) in [6.45, 7) is -1.55. The van der Waals surface area contributed by atoms with E-state index in [1.807, 2.05) is 0 Å². The summed E-state index contributed by atoms with van der Waals surface area (Å²) in [7, 11) is 0. The third-order valence-corrected chi connectivity index (χ3v) is 3.42. The van der Waals surface area contributed by atoms with Gasteiger partial charge in [0.25, 0.3) is 0 Å². The summed E-state index contributed by atoms with van der Waals surface area (Å²) < 4.78 is 9.69. The summed E-state index contributed by atoms with van der Waals surface area (Å²) in [5.74, 6) is -0.846. The Morgan fingerprint density at radius 3 is 1.17 bits per heavy atom. The maximum absolute atomic E-state index is 11.4. The average molecular weight is 350 g/mol. The van der Waals surface area contributed by atoms with E-state index in [1.54, 1.807) is 0 Å². The van der Waals surface area contributed by atoms with E-state index in [1.165, 1.54) is 0 Å². The molecule has 0 amide bonds. The third-order valence-electron chi connectivity index (χ3n) is 3.42. The van der Waals surface area contributed by atoms with Gasteiger partial charge in [0.05, 0.1) is 26.4 Å². The molecule has 8 heteroatoms. The second-order valence-corrected chi connectivity index (χ2v) is 5.58. The van der Waals surface area contributed by atoms with Gasteiger partial charge in [-0.05, 0) is 12.8 Å². The van der Waals surface area contributed by atoms with Crippen molar-refractivity contribution in [3.8, 4) is 0 Å². The van der Waals surface area contributed by atoms with Crippen LogP contribution in [0.4, 0.5) is 0 Å². The number of esters is 2. The lowest BCUT2D eigenvalue weighted by atomic mass is 10.1. The van der Waals surface area contributed by atoms with Crippen LogP contribution in [0.2, 0.25) is 0 Å². The number of hydrogen-bond donors (Lipinski definition) is 4. The van der Waals surface area contributed by atoms with E-state index in [0.29, 0.717) is 12.8 Å². The van der Waals surface area contributed by atoms with Crippen LogP contribution in [0.25, 0.3) is 0 Å². The van der Waals surface area contributed by atoms with Crippen LogP contribution < -0.4 is 0 Å². The van der Waals surface area contributed by atoms with Gasteiger partial charge in [-0.2, -0.15) is 0 Å². The monoisotopic (exact) mass is 350 g/mol. The molecule has 0 spiro atoms. The number of hydrogen-bond acceptors (Lipinski definition) is 8. The fourth-order valence-corrected chi connectivity index (χ4v) is 2.00. The van der Waals surface area contributed by atoms with Crippen LogP contribution in [0.15, 0.2) is 0 Å². The lowest BCUT2D eigenvalue weighted by molar-refractivity contribution is -0.154. The molecule has 0 saturated carbocycles. The number of carbonyl (C=O) groups excluding carboxylic acids is 2. The van der Waals surface area contributed by atoms with Gasteiger partial charge in [-0.25, -0.2) is 0 Å². The minimum Gasteiger partial charge on any atom is -0.457 e. The average Bonchev–Trinajstić information content (AvgIpc) is 2.59. The first kappa shape index (κ1) is 22.8. The molecule has 0 aromatic rings. The van der Waals surface area contributed by atoms with Crippen molar-refractivity contribution in [1.82, 2.24) is 0 Å². The second-order valence-electron chi connectivity index (χ2n) is 5.58. The van der Waals surface area contributed by atoms with E-state index in [2.05, 4.69) is 0 Å². The van der Waals surface area contributed by atoms with Crippen LogP contribution in [0.3, 0.4) is 0 Å². The minimum absolute atomic E-state index is 0.256. The van der Waals surface area contributed by atoms with Crippen LogP contribution in [0.5, 0.6) is 0 Å². The van der Waals surface area contributed by atoms with Crippen LogP contribution >= 0.6 is 0 Å². The SMILES string of the molecule is O=C(CCCCCCCCC(=O)OC(CO)CO)OC(CO)CO. The first-order chi connectivity index (χ1) is 11.6. The second kappa shape index (κ2) is 15.3. The van der Waals surface area contributed by atoms with E-state index in [4.69, 9.17) is 29.9 Å². The quantitative estimate of drug-likeness (QED) is 0.238. The van der Waals surface area contributed by atoms with Gasteiger partial charge < -0.3 is 29.9 Å². The first-order valence-corrected chi connectivity index (χ1v) is 8.39. The van der Waals surface area contributed by atoms with E-state index in [9.17, 15) is 9.59 Å².